The van der Waals surface area contributed by atoms with Gasteiger partial charge in [-0.15, -0.1) is 0 Å². The fourth-order valence-corrected chi connectivity index (χ4v) is 3.87. The van der Waals surface area contributed by atoms with Gasteiger partial charge in [0.2, 0.25) is 0 Å². The van der Waals surface area contributed by atoms with Gasteiger partial charge < -0.3 is 19.2 Å². The van der Waals surface area contributed by atoms with Crippen molar-refractivity contribution < 1.29 is 23.5 Å². The summed E-state index contributed by atoms with van der Waals surface area (Å²) in [6.45, 7) is 0.384. The summed E-state index contributed by atoms with van der Waals surface area (Å²) in [6.07, 6.45) is 2.88. The van der Waals surface area contributed by atoms with E-state index in [9.17, 15) is 9.59 Å². The van der Waals surface area contributed by atoms with E-state index < -0.39 is 11.8 Å². The standard InChI is InChI=1S/C27H22BrN3O5/c1-34-24-15-19(14-21(28)25(24)36-17-18-8-3-2-4-9-18)16-29-31-26(32)20-10-5-6-11-22(20)30-27(33)23-12-7-13-35-23/h2-16H,17H2,1H3,(H,30,33)(H,31,32). The lowest BCUT2D eigenvalue weighted by Crippen LogP contribution is -2.21. The normalized spacial score (nSPS) is 10.7. The van der Waals surface area contributed by atoms with Crippen LogP contribution in [0, 0.1) is 0 Å². The first-order valence-electron chi connectivity index (χ1n) is 10.9. The maximum Gasteiger partial charge on any atom is 0.291 e. The van der Waals surface area contributed by atoms with Gasteiger partial charge in [0.15, 0.2) is 17.3 Å². The summed E-state index contributed by atoms with van der Waals surface area (Å²) >= 11 is 3.52. The molecule has 182 valence electrons. The molecular formula is C27H22BrN3O5. The SMILES string of the molecule is COc1cc(C=NNC(=O)c2ccccc2NC(=O)c2ccco2)cc(Br)c1OCc1ccccc1. The first-order valence-corrected chi connectivity index (χ1v) is 11.7. The lowest BCUT2D eigenvalue weighted by Gasteiger charge is -2.13. The van der Waals surface area contributed by atoms with E-state index in [1.807, 2.05) is 30.3 Å². The number of methoxy groups -OCH3 is 1. The molecule has 0 unspecified atom stereocenters. The number of furan rings is 1. The Morgan fingerprint density at radius 3 is 2.53 bits per heavy atom. The number of benzene rings is 3. The van der Waals surface area contributed by atoms with Crippen LogP contribution in [0.15, 0.2) is 99.1 Å². The zero-order valence-corrected chi connectivity index (χ0v) is 20.8. The first-order chi connectivity index (χ1) is 17.5. The van der Waals surface area contributed by atoms with E-state index in [1.54, 1.807) is 49.6 Å². The van der Waals surface area contributed by atoms with Crippen molar-refractivity contribution in [3.63, 3.8) is 0 Å². The van der Waals surface area contributed by atoms with E-state index in [1.165, 1.54) is 18.5 Å². The molecule has 2 N–H and O–H groups in total. The van der Waals surface area contributed by atoms with Gasteiger partial charge in [-0.25, -0.2) is 5.43 Å². The number of nitrogens with one attached hydrogen (secondary N) is 2. The number of hydrogen-bond acceptors (Lipinski definition) is 6. The highest BCUT2D eigenvalue weighted by molar-refractivity contribution is 9.10. The van der Waals surface area contributed by atoms with Crippen LogP contribution >= 0.6 is 15.9 Å². The summed E-state index contributed by atoms with van der Waals surface area (Å²) in [4.78, 5) is 25.0. The van der Waals surface area contributed by atoms with Gasteiger partial charge in [0, 0.05) is 0 Å². The van der Waals surface area contributed by atoms with Crippen LogP contribution in [0.3, 0.4) is 0 Å². The van der Waals surface area contributed by atoms with E-state index in [2.05, 4.69) is 31.8 Å². The monoisotopic (exact) mass is 547 g/mol. The fraction of sp³-hybridized carbons (Fsp3) is 0.0741. The molecule has 0 saturated carbocycles. The second kappa shape index (κ2) is 11.9. The highest BCUT2D eigenvalue weighted by atomic mass is 79.9. The van der Waals surface area contributed by atoms with Gasteiger partial charge in [0.25, 0.3) is 11.8 Å². The molecule has 0 aliphatic rings. The maximum atomic E-state index is 12.7. The van der Waals surface area contributed by atoms with Crippen molar-refractivity contribution in [2.45, 2.75) is 6.61 Å². The summed E-state index contributed by atoms with van der Waals surface area (Å²) in [7, 11) is 1.55. The van der Waals surface area contributed by atoms with Gasteiger partial charge in [0.05, 0.1) is 35.3 Å². The minimum Gasteiger partial charge on any atom is -0.493 e. The van der Waals surface area contributed by atoms with Crippen molar-refractivity contribution in [1.82, 2.24) is 5.43 Å². The Morgan fingerprint density at radius 1 is 1.00 bits per heavy atom. The molecule has 0 atom stereocenters. The second-order valence-corrected chi connectivity index (χ2v) is 8.34. The van der Waals surface area contributed by atoms with E-state index in [0.29, 0.717) is 33.8 Å². The van der Waals surface area contributed by atoms with Crippen LogP contribution in [0.1, 0.15) is 32.0 Å². The lowest BCUT2D eigenvalue weighted by molar-refractivity contribution is 0.0956. The van der Waals surface area contributed by atoms with Crippen LogP contribution in [0.4, 0.5) is 5.69 Å². The number of hydrazone groups is 1. The molecule has 36 heavy (non-hydrogen) atoms. The minimum absolute atomic E-state index is 0.138. The predicted octanol–water partition coefficient (Wildman–Crippen LogP) is 5.65. The molecule has 0 bridgehead atoms. The second-order valence-electron chi connectivity index (χ2n) is 7.48. The van der Waals surface area contributed by atoms with E-state index in [-0.39, 0.29) is 11.3 Å². The summed E-state index contributed by atoms with van der Waals surface area (Å²) in [6, 6.07) is 23.1. The van der Waals surface area contributed by atoms with E-state index >= 15 is 0 Å². The highest BCUT2D eigenvalue weighted by Crippen LogP contribution is 2.36. The molecule has 3 aromatic carbocycles. The quantitative estimate of drug-likeness (QED) is 0.208. The number of carbonyl (C=O) groups is 2. The number of carbonyl (C=O) groups excluding carboxylic acids is 2. The van der Waals surface area contributed by atoms with Crippen molar-refractivity contribution in [2.75, 3.05) is 12.4 Å². The van der Waals surface area contributed by atoms with Crippen LogP contribution in [0.2, 0.25) is 0 Å². The van der Waals surface area contributed by atoms with Crippen molar-refractivity contribution >= 4 is 39.6 Å². The minimum atomic E-state index is -0.490. The van der Waals surface area contributed by atoms with Crippen LogP contribution in [-0.2, 0) is 6.61 Å². The molecule has 9 heteroatoms. The topological polar surface area (TPSA) is 102 Å². The van der Waals surface area contributed by atoms with Gasteiger partial charge in [-0.05, 0) is 63.5 Å². The summed E-state index contributed by atoms with van der Waals surface area (Å²) in [5.41, 5.74) is 4.76. The number of hydrogen-bond donors (Lipinski definition) is 2. The fourth-order valence-electron chi connectivity index (χ4n) is 3.29. The number of ether oxygens (including phenoxy) is 2. The van der Waals surface area contributed by atoms with Crippen LogP contribution < -0.4 is 20.2 Å². The third-order valence-corrected chi connectivity index (χ3v) is 5.61. The van der Waals surface area contributed by atoms with Crippen LogP contribution in [0.25, 0.3) is 0 Å². The third-order valence-electron chi connectivity index (χ3n) is 5.02. The summed E-state index contributed by atoms with van der Waals surface area (Å²) in [5.74, 6) is 0.257. The van der Waals surface area contributed by atoms with E-state index in [0.717, 1.165) is 5.56 Å². The Hall–Kier alpha value is -4.37. The molecule has 1 aromatic heterocycles. The van der Waals surface area contributed by atoms with Gasteiger partial charge in [-0.3, -0.25) is 9.59 Å². The molecule has 1 heterocycles. The largest absolute Gasteiger partial charge is 0.493 e. The molecular weight excluding hydrogens is 526 g/mol. The lowest BCUT2D eigenvalue weighted by atomic mass is 10.1. The predicted molar refractivity (Wildman–Crippen MR) is 140 cm³/mol. The van der Waals surface area contributed by atoms with Crippen LogP contribution in [-0.4, -0.2) is 25.1 Å². The number of amides is 2. The Morgan fingerprint density at radius 2 is 1.78 bits per heavy atom. The summed E-state index contributed by atoms with van der Waals surface area (Å²) < 4.78 is 17.2. The molecule has 0 spiro atoms. The number of nitrogens with zero attached hydrogens (tertiary/aromatic N) is 1. The van der Waals surface area contributed by atoms with E-state index in [4.69, 9.17) is 13.9 Å². The van der Waals surface area contributed by atoms with Crippen LogP contribution in [0.5, 0.6) is 11.5 Å². The van der Waals surface area contributed by atoms with Crippen molar-refractivity contribution in [1.29, 1.82) is 0 Å². The number of para-hydroxylation sites is 1. The molecule has 4 rings (SSSR count). The zero-order valence-electron chi connectivity index (χ0n) is 19.2. The molecule has 0 saturated heterocycles. The van der Waals surface area contributed by atoms with Crippen molar-refractivity contribution in [3.05, 3.63) is 112 Å². The van der Waals surface area contributed by atoms with Gasteiger partial charge >= 0.3 is 0 Å². The average Bonchev–Trinajstić information content (AvgIpc) is 3.44. The molecule has 8 nitrogen and oxygen atoms in total. The molecule has 2 amide bonds. The Kier molecular flexibility index (Phi) is 8.15. The van der Waals surface area contributed by atoms with Gasteiger partial charge in [-0.2, -0.15) is 5.10 Å². The maximum absolute atomic E-state index is 12.7. The number of anilines is 1. The molecule has 0 aliphatic carbocycles. The van der Waals surface area contributed by atoms with Crippen molar-refractivity contribution in [2.24, 2.45) is 5.10 Å². The Labute approximate surface area is 216 Å². The number of halogens is 1. The average molecular weight is 548 g/mol. The molecule has 0 radical (unpaired) electrons. The molecule has 4 aromatic rings. The van der Waals surface area contributed by atoms with Gasteiger partial charge in [0.1, 0.15) is 6.61 Å². The summed E-state index contributed by atoms with van der Waals surface area (Å²) in [5, 5.41) is 6.73. The Bertz CT molecular complexity index is 1370. The third kappa shape index (κ3) is 6.19. The number of rotatable bonds is 9. The smallest absolute Gasteiger partial charge is 0.291 e. The zero-order chi connectivity index (χ0) is 25.3. The molecule has 0 aliphatic heterocycles. The highest BCUT2D eigenvalue weighted by Gasteiger charge is 2.15. The molecule has 0 fully saturated rings. The first kappa shape index (κ1) is 24.7. The van der Waals surface area contributed by atoms with Gasteiger partial charge in [-0.1, -0.05) is 42.5 Å². The van der Waals surface area contributed by atoms with Crippen molar-refractivity contribution in [3.8, 4) is 11.5 Å². The Balaban J connectivity index is 1.43.